The number of nitrogens with one attached hydrogen (secondary N) is 1. The summed E-state index contributed by atoms with van der Waals surface area (Å²) >= 11 is 0. The molecule has 0 saturated heterocycles. The van der Waals surface area contributed by atoms with Gasteiger partial charge in [0.15, 0.2) is 11.8 Å². The second kappa shape index (κ2) is 9.70. The van der Waals surface area contributed by atoms with E-state index in [4.69, 9.17) is 4.42 Å². The molecule has 2 amide bonds. The van der Waals surface area contributed by atoms with Crippen molar-refractivity contribution in [1.29, 1.82) is 0 Å². The second-order valence-corrected chi connectivity index (χ2v) is 8.84. The summed E-state index contributed by atoms with van der Waals surface area (Å²) in [5.74, 6) is -0.721. The molecular weight excluding hydrogens is 428 g/mol. The molecule has 0 radical (unpaired) electrons. The fourth-order valence-corrected chi connectivity index (χ4v) is 3.62. The van der Waals surface area contributed by atoms with Crippen LogP contribution in [0.25, 0.3) is 11.1 Å². The molecule has 34 heavy (non-hydrogen) atoms. The molecule has 0 aliphatic rings. The van der Waals surface area contributed by atoms with Crippen LogP contribution in [0.3, 0.4) is 0 Å². The van der Waals surface area contributed by atoms with Crippen molar-refractivity contribution in [2.45, 2.75) is 32.4 Å². The number of hydrogen-bond donors (Lipinski definition) is 1. The van der Waals surface area contributed by atoms with E-state index in [1.165, 1.54) is 29.8 Å². The van der Waals surface area contributed by atoms with Gasteiger partial charge < -0.3 is 9.73 Å². The summed E-state index contributed by atoms with van der Waals surface area (Å²) in [6.07, 6.45) is 5.94. The Morgan fingerprint density at radius 1 is 0.912 bits per heavy atom. The first-order valence-corrected chi connectivity index (χ1v) is 10.9. The zero-order chi connectivity index (χ0) is 24.1. The lowest BCUT2D eigenvalue weighted by Gasteiger charge is -2.32. The van der Waals surface area contributed by atoms with Gasteiger partial charge in [0.25, 0.3) is 5.91 Å². The second-order valence-electron chi connectivity index (χ2n) is 8.84. The highest BCUT2D eigenvalue weighted by molar-refractivity contribution is 6.08. The van der Waals surface area contributed by atoms with Gasteiger partial charge in [0, 0.05) is 23.6 Å². The first-order valence-electron chi connectivity index (χ1n) is 10.9. The van der Waals surface area contributed by atoms with Gasteiger partial charge in [0.1, 0.15) is 0 Å². The molecule has 4 rings (SSSR count). The number of furan rings is 1. The maximum atomic E-state index is 13.7. The summed E-state index contributed by atoms with van der Waals surface area (Å²) in [5, 5.41) is 2.97. The van der Waals surface area contributed by atoms with Crippen molar-refractivity contribution in [3.63, 3.8) is 0 Å². The molecule has 0 spiro atoms. The topological polar surface area (TPSA) is 88.3 Å². The van der Waals surface area contributed by atoms with Crippen molar-refractivity contribution in [2.24, 2.45) is 0 Å². The van der Waals surface area contributed by atoms with Crippen LogP contribution in [-0.4, -0.2) is 27.3 Å². The number of nitrogens with zero attached hydrogens (tertiary/aromatic N) is 3. The molecule has 0 aliphatic carbocycles. The molecule has 4 aromatic rings. The maximum absolute atomic E-state index is 13.7. The lowest BCUT2D eigenvalue weighted by atomic mass is 10.0. The molecule has 0 bridgehead atoms. The zero-order valence-corrected chi connectivity index (χ0v) is 19.3. The van der Waals surface area contributed by atoms with Gasteiger partial charge in [-0.1, -0.05) is 42.5 Å². The number of anilines is 1. The van der Waals surface area contributed by atoms with E-state index in [1.54, 1.807) is 12.1 Å². The third-order valence-electron chi connectivity index (χ3n) is 5.07. The number of carbonyl (C=O) groups excluding carboxylic acids is 2. The largest absolute Gasteiger partial charge is 0.459 e. The van der Waals surface area contributed by atoms with Crippen LogP contribution in [0.15, 0.2) is 96.0 Å². The number of hydrogen-bond acceptors (Lipinski definition) is 5. The summed E-state index contributed by atoms with van der Waals surface area (Å²) in [4.78, 5) is 37.1. The highest BCUT2D eigenvalue weighted by atomic mass is 16.3. The van der Waals surface area contributed by atoms with E-state index in [0.717, 1.165) is 11.1 Å². The maximum Gasteiger partial charge on any atom is 0.295 e. The van der Waals surface area contributed by atoms with Gasteiger partial charge in [-0.3, -0.25) is 24.5 Å². The van der Waals surface area contributed by atoms with E-state index in [1.807, 2.05) is 75.4 Å². The molecule has 0 unspecified atom stereocenters. The number of aromatic nitrogens is 2. The van der Waals surface area contributed by atoms with Gasteiger partial charge in [0.05, 0.1) is 18.2 Å². The highest BCUT2D eigenvalue weighted by Gasteiger charge is 2.37. The van der Waals surface area contributed by atoms with E-state index in [0.29, 0.717) is 11.4 Å². The van der Waals surface area contributed by atoms with Gasteiger partial charge in [0.2, 0.25) is 5.91 Å². The summed E-state index contributed by atoms with van der Waals surface area (Å²) in [5.41, 5.74) is 2.39. The predicted molar refractivity (Wildman–Crippen MR) is 130 cm³/mol. The summed E-state index contributed by atoms with van der Waals surface area (Å²) < 4.78 is 5.40. The van der Waals surface area contributed by atoms with E-state index in [9.17, 15) is 9.59 Å². The van der Waals surface area contributed by atoms with Crippen molar-refractivity contribution in [1.82, 2.24) is 15.3 Å². The fourth-order valence-electron chi connectivity index (χ4n) is 3.62. The Hall–Kier alpha value is -4.26. The quantitative estimate of drug-likeness (QED) is 0.441. The molecule has 2 aromatic heterocycles. The van der Waals surface area contributed by atoms with Crippen molar-refractivity contribution in [3.05, 3.63) is 103 Å². The third-order valence-corrected chi connectivity index (χ3v) is 5.07. The Balaban J connectivity index is 1.82. The minimum atomic E-state index is -1.06. The van der Waals surface area contributed by atoms with E-state index >= 15 is 0 Å². The molecule has 7 nitrogen and oxygen atoms in total. The monoisotopic (exact) mass is 454 g/mol. The lowest BCUT2D eigenvalue weighted by molar-refractivity contribution is -0.124. The van der Waals surface area contributed by atoms with Gasteiger partial charge in [-0.25, -0.2) is 0 Å². The molecule has 7 heteroatoms. The van der Waals surface area contributed by atoms with E-state index in [-0.39, 0.29) is 11.7 Å². The van der Waals surface area contributed by atoms with Gasteiger partial charge in [-0.15, -0.1) is 0 Å². The van der Waals surface area contributed by atoms with Crippen molar-refractivity contribution in [3.8, 4) is 11.1 Å². The Morgan fingerprint density at radius 2 is 1.62 bits per heavy atom. The third kappa shape index (κ3) is 5.20. The van der Waals surface area contributed by atoms with Gasteiger partial charge >= 0.3 is 0 Å². The number of benzene rings is 2. The van der Waals surface area contributed by atoms with E-state index < -0.39 is 17.5 Å². The van der Waals surface area contributed by atoms with Crippen molar-refractivity contribution >= 4 is 17.5 Å². The van der Waals surface area contributed by atoms with Gasteiger partial charge in [-0.05, 0) is 56.2 Å². The zero-order valence-electron chi connectivity index (χ0n) is 19.3. The number of amides is 2. The summed E-state index contributed by atoms with van der Waals surface area (Å²) in [7, 11) is 0. The Labute approximate surface area is 198 Å². The Kier molecular flexibility index (Phi) is 6.54. The van der Waals surface area contributed by atoms with Crippen LogP contribution in [0, 0.1) is 0 Å². The standard InChI is InChI=1S/C27H26N4O3/c1-27(2,3)30-25(32)24(22-18-28-15-16-29-22)31(26(33)23-10-7-17-34-23)21-13-11-20(12-14-21)19-8-5-4-6-9-19/h4-18,24H,1-3H3,(H,30,32)/t24-/m1/s1. The first-order chi connectivity index (χ1) is 16.3. The minimum Gasteiger partial charge on any atom is -0.459 e. The molecule has 1 N–H and O–H groups in total. The minimum absolute atomic E-state index is 0.115. The van der Waals surface area contributed by atoms with Crippen LogP contribution in [0.2, 0.25) is 0 Å². The highest BCUT2D eigenvalue weighted by Crippen LogP contribution is 2.31. The SMILES string of the molecule is CC(C)(C)NC(=O)[C@@H](c1cnccn1)N(C(=O)c1ccco1)c1ccc(-c2ccccc2)cc1. The Bertz CT molecular complexity index is 1230. The fraction of sp³-hybridized carbons (Fsp3) is 0.185. The molecule has 0 fully saturated rings. The molecule has 2 heterocycles. The number of carbonyl (C=O) groups is 2. The molecule has 2 aromatic carbocycles. The van der Waals surface area contributed by atoms with Crippen LogP contribution >= 0.6 is 0 Å². The van der Waals surface area contributed by atoms with E-state index in [2.05, 4.69) is 15.3 Å². The van der Waals surface area contributed by atoms with Gasteiger partial charge in [-0.2, -0.15) is 0 Å². The van der Waals surface area contributed by atoms with Crippen LogP contribution < -0.4 is 10.2 Å². The predicted octanol–water partition coefficient (Wildman–Crippen LogP) is 5.04. The normalized spacial score (nSPS) is 12.1. The summed E-state index contributed by atoms with van der Waals surface area (Å²) in [6, 6.07) is 19.5. The van der Waals surface area contributed by atoms with Crippen LogP contribution in [0.5, 0.6) is 0 Å². The lowest BCUT2D eigenvalue weighted by Crippen LogP contribution is -2.49. The average molecular weight is 455 g/mol. The van der Waals surface area contributed by atoms with Crippen LogP contribution in [-0.2, 0) is 4.79 Å². The number of rotatable bonds is 6. The summed E-state index contributed by atoms with van der Waals surface area (Å²) in [6.45, 7) is 5.64. The average Bonchev–Trinajstić information content (AvgIpc) is 3.37. The molecule has 0 saturated carbocycles. The van der Waals surface area contributed by atoms with Crippen LogP contribution in [0.4, 0.5) is 5.69 Å². The molecule has 1 atom stereocenters. The molecule has 0 aliphatic heterocycles. The molecular formula is C27H26N4O3. The first kappa shape index (κ1) is 22.9. The van der Waals surface area contributed by atoms with Crippen molar-refractivity contribution < 1.29 is 14.0 Å². The molecule has 172 valence electrons. The van der Waals surface area contributed by atoms with Crippen LogP contribution in [0.1, 0.15) is 43.1 Å². The smallest absolute Gasteiger partial charge is 0.295 e. The Morgan fingerprint density at radius 3 is 2.21 bits per heavy atom. The van der Waals surface area contributed by atoms with Crippen molar-refractivity contribution in [2.75, 3.05) is 4.90 Å².